The van der Waals surface area contributed by atoms with E-state index in [4.69, 9.17) is 16.3 Å². The highest BCUT2D eigenvalue weighted by Crippen LogP contribution is 2.19. The number of likely N-dealkylation sites (N-methyl/N-ethyl adjacent to an activating group) is 1. The van der Waals surface area contributed by atoms with E-state index in [1.807, 2.05) is 0 Å². The highest BCUT2D eigenvalue weighted by Gasteiger charge is 2.16. The van der Waals surface area contributed by atoms with E-state index in [1.165, 1.54) is 5.69 Å². The second-order valence-corrected chi connectivity index (χ2v) is 7.33. The van der Waals surface area contributed by atoms with E-state index < -0.39 is 6.10 Å². The van der Waals surface area contributed by atoms with E-state index in [9.17, 15) is 4.79 Å². The number of piperazine rings is 1. The van der Waals surface area contributed by atoms with Crippen molar-refractivity contribution >= 4 is 23.2 Å². The van der Waals surface area contributed by atoms with E-state index in [-0.39, 0.29) is 5.91 Å². The van der Waals surface area contributed by atoms with Gasteiger partial charge in [-0.3, -0.25) is 4.79 Å². The van der Waals surface area contributed by atoms with Crippen LogP contribution in [0.15, 0.2) is 48.5 Å². The molecule has 1 N–H and O–H groups in total. The molecular weight excluding hydrogens is 362 g/mol. The Balaban J connectivity index is 1.48. The van der Waals surface area contributed by atoms with Gasteiger partial charge in [0.1, 0.15) is 5.75 Å². The van der Waals surface area contributed by atoms with E-state index >= 15 is 0 Å². The molecule has 0 spiro atoms. The van der Waals surface area contributed by atoms with Gasteiger partial charge in [0.15, 0.2) is 6.10 Å². The molecule has 0 saturated carbocycles. The maximum Gasteiger partial charge on any atom is 0.261 e. The van der Waals surface area contributed by atoms with Crippen LogP contribution in [0, 0.1) is 0 Å². The average Bonchev–Trinajstić information content (AvgIpc) is 2.67. The minimum absolute atomic E-state index is 0.155. The quantitative estimate of drug-likeness (QED) is 0.826. The molecule has 1 aliphatic heterocycles. The highest BCUT2D eigenvalue weighted by atomic mass is 35.5. The van der Waals surface area contributed by atoms with Gasteiger partial charge in [-0.2, -0.15) is 0 Å². The molecule has 6 heteroatoms. The summed E-state index contributed by atoms with van der Waals surface area (Å²) in [5.41, 5.74) is 2.30. The minimum Gasteiger partial charge on any atom is -0.481 e. The second-order valence-electron chi connectivity index (χ2n) is 6.89. The lowest BCUT2D eigenvalue weighted by atomic mass is 10.1. The number of nitrogens with zero attached hydrogens (tertiary/aromatic N) is 2. The van der Waals surface area contributed by atoms with E-state index in [1.54, 1.807) is 31.2 Å². The SMILES string of the molecule is CC(Oc1cccc(Cl)c1)C(=O)NCc1ccc(N2CCN(C)CC2)cc1. The van der Waals surface area contributed by atoms with Crippen LogP contribution in [0.25, 0.3) is 0 Å². The van der Waals surface area contributed by atoms with Gasteiger partial charge in [0.05, 0.1) is 0 Å². The third-order valence-electron chi connectivity index (χ3n) is 4.75. The number of anilines is 1. The first-order valence-corrected chi connectivity index (χ1v) is 9.61. The number of halogens is 1. The number of hydrogen-bond donors (Lipinski definition) is 1. The van der Waals surface area contributed by atoms with Crippen LogP contribution in [0.2, 0.25) is 5.02 Å². The summed E-state index contributed by atoms with van der Waals surface area (Å²) in [6, 6.07) is 15.4. The molecule has 2 aromatic carbocycles. The number of hydrogen-bond acceptors (Lipinski definition) is 4. The number of carbonyl (C=O) groups is 1. The molecule has 1 amide bonds. The van der Waals surface area contributed by atoms with Crippen molar-refractivity contribution in [2.75, 3.05) is 38.1 Å². The van der Waals surface area contributed by atoms with Crippen molar-refractivity contribution < 1.29 is 9.53 Å². The Morgan fingerprint density at radius 1 is 1.15 bits per heavy atom. The fourth-order valence-corrected chi connectivity index (χ4v) is 3.20. The van der Waals surface area contributed by atoms with Crippen molar-refractivity contribution in [3.05, 3.63) is 59.1 Å². The lowest BCUT2D eigenvalue weighted by Gasteiger charge is -2.34. The molecule has 5 nitrogen and oxygen atoms in total. The molecule has 1 aliphatic rings. The van der Waals surface area contributed by atoms with E-state index in [0.717, 1.165) is 31.7 Å². The number of nitrogens with one attached hydrogen (secondary N) is 1. The largest absolute Gasteiger partial charge is 0.481 e. The van der Waals surface area contributed by atoms with Crippen LogP contribution in [0.1, 0.15) is 12.5 Å². The van der Waals surface area contributed by atoms with Gasteiger partial charge in [0.25, 0.3) is 5.91 Å². The maximum atomic E-state index is 12.3. The topological polar surface area (TPSA) is 44.8 Å². The summed E-state index contributed by atoms with van der Waals surface area (Å²) in [4.78, 5) is 17.0. The first-order chi connectivity index (χ1) is 13.0. The molecule has 0 aliphatic carbocycles. The predicted octanol–water partition coefficient (Wildman–Crippen LogP) is 3.18. The zero-order valence-corrected chi connectivity index (χ0v) is 16.6. The Kier molecular flexibility index (Phi) is 6.58. The minimum atomic E-state index is -0.590. The Morgan fingerprint density at radius 2 is 1.85 bits per heavy atom. The Hall–Kier alpha value is -2.24. The van der Waals surface area contributed by atoms with Crippen molar-refractivity contribution in [1.29, 1.82) is 0 Å². The van der Waals surface area contributed by atoms with Gasteiger partial charge in [0.2, 0.25) is 0 Å². The van der Waals surface area contributed by atoms with Crippen molar-refractivity contribution in [3.8, 4) is 5.75 Å². The van der Waals surface area contributed by atoms with Crippen molar-refractivity contribution in [2.45, 2.75) is 19.6 Å². The van der Waals surface area contributed by atoms with Crippen LogP contribution < -0.4 is 15.0 Å². The summed E-state index contributed by atoms with van der Waals surface area (Å²) in [5.74, 6) is 0.430. The molecule has 0 aromatic heterocycles. The molecule has 1 unspecified atom stereocenters. The molecular formula is C21H26ClN3O2. The Bertz CT molecular complexity index is 758. The van der Waals surface area contributed by atoms with E-state index in [0.29, 0.717) is 17.3 Å². The number of ether oxygens (including phenoxy) is 1. The van der Waals surface area contributed by atoms with Crippen molar-refractivity contribution in [1.82, 2.24) is 10.2 Å². The lowest BCUT2D eigenvalue weighted by Crippen LogP contribution is -2.44. The third-order valence-corrected chi connectivity index (χ3v) is 4.98. The number of rotatable bonds is 6. The standard InChI is InChI=1S/C21H26ClN3O2/c1-16(27-20-5-3-4-18(22)14-20)21(26)23-15-17-6-8-19(9-7-17)25-12-10-24(2)11-13-25/h3-9,14,16H,10-13,15H2,1-2H3,(H,23,26). The zero-order chi connectivity index (χ0) is 19.2. The third kappa shape index (κ3) is 5.62. The molecule has 1 fully saturated rings. The van der Waals surface area contributed by atoms with Crippen molar-refractivity contribution in [3.63, 3.8) is 0 Å². The summed E-state index contributed by atoms with van der Waals surface area (Å²) in [5, 5.41) is 3.51. The number of carbonyl (C=O) groups excluding carboxylic acids is 1. The summed E-state index contributed by atoms with van der Waals surface area (Å²) in [6.07, 6.45) is -0.590. The summed E-state index contributed by atoms with van der Waals surface area (Å²) in [6.45, 7) is 6.47. The lowest BCUT2D eigenvalue weighted by molar-refractivity contribution is -0.127. The molecule has 27 heavy (non-hydrogen) atoms. The first kappa shape index (κ1) is 19.5. The fraction of sp³-hybridized carbons (Fsp3) is 0.381. The van der Waals surface area contributed by atoms with Crippen LogP contribution >= 0.6 is 11.6 Å². The molecule has 2 aromatic rings. The van der Waals surface area contributed by atoms with Gasteiger partial charge in [-0.15, -0.1) is 0 Å². The van der Waals surface area contributed by atoms with E-state index in [2.05, 4.69) is 46.4 Å². The van der Waals surface area contributed by atoms with Crippen LogP contribution in [0.5, 0.6) is 5.75 Å². The predicted molar refractivity (Wildman–Crippen MR) is 110 cm³/mol. The normalized spacial score (nSPS) is 16.0. The molecule has 1 atom stereocenters. The smallest absolute Gasteiger partial charge is 0.261 e. The summed E-state index contributed by atoms with van der Waals surface area (Å²) in [7, 11) is 2.15. The van der Waals surface area contributed by atoms with Crippen LogP contribution in [-0.4, -0.2) is 50.1 Å². The summed E-state index contributed by atoms with van der Waals surface area (Å²) < 4.78 is 5.65. The van der Waals surface area contributed by atoms with Gasteiger partial charge in [0, 0.05) is 43.4 Å². The molecule has 1 saturated heterocycles. The fourth-order valence-electron chi connectivity index (χ4n) is 3.02. The molecule has 1 heterocycles. The molecule has 0 bridgehead atoms. The number of benzene rings is 2. The Morgan fingerprint density at radius 3 is 2.52 bits per heavy atom. The molecule has 3 rings (SSSR count). The Labute approximate surface area is 165 Å². The zero-order valence-electron chi connectivity index (χ0n) is 15.8. The van der Waals surface area contributed by atoms with Gasteiger partial charge >= 0.3 is 0 Å². The van der Waals surface area contributed by atoms with Crippen LogP contribution in [0.4, 0.5) is 5.69 Å². The monoisotopic (exact) mass is 387 g/mol. The first-order valence-electron chi connectivity index (χ1n) is 9.23. The number of amides is 1. The second kappa shape index (κ2) is 9.11. The van der Waals surface area contributed by atoms with Crippen LogP contribution in [-0.2, 0) is 11.3 Å². The highest BCUT2D eigenvalue weighted by molar-refractivity contribution is 6.30. The molecule has 144 valence electrons. The van der Waals surface area contributed by atoms with Crippen LogP contribution in [0.3, 0.4) is 0 Å². The van der Waals surface area contributed by atoms with Gasteiger partial charge < -0.3 is 19.9 Å². The molecule has 0 radical (unpaired) electrons. The summed E-state index contributed by atoms with van der Waals surface area (Å²) >= 11 is 5.94. The van der Waals surface area contributed by atoms with Gasteiger partial charge in [-0.25, -0.2) is 0 Å². The van der Waals surface area contributed by atoms with Gasteiger partial charge in [-0.1, -0.05) is 29.8 Å². The maximum absolute atomic E-state index is 12.3. The van der Waals surface area contributed by atoms with Gasteiger partial charge in [-0.05, 0) is 49.9 Å². The van der Waals surface area contributed by atoms with Crippen molar-refractivity contribution in [2.24, 2.45) is 0 Å². The average molecular weight is 388 g/mol.